The van der Waals surface area contributed by atoms with Gasteiger partial charge in [-0.2, -0.15) is 0 Å². The predicted molar refractivity (Wildman–Crippen MR) is 80.9 cm³/mol. The summed E-state index contributed by atoms with van der Waals surface area (Å²) in [5.41, 5.74) is 7.40. The smallest absolute Gasteiger partial charge is 0.127 e. The van der Waals surface area contributed by atoms with Gasteiger partial charge in [0, 0.05) is 36.1 Å². The van der Waals surface area contributed by atoms with Crippen LogP contribution in [0.25, 0.3) is 0 Å². The van der Waals surface area contributed by atoms with Gasteiger partial charge in [0.05, 0.1) is 0 Å². The van der Waals surface area contributed by atoms with Crippen LogP contribution in [0.2, 0.25) is 0 Å². The molecule has 0 radical (unpaired) electrons. The summed E-state index contributed by atoms with van der Waals surface area (Å²) in [5, 5.41) is 2.09. The maximum Gasteiger partial charge on any atom is 0.127 e. The van der Waals surface area contributed by atoms with E-state index < -0.39 is 0 Å². The summed E-state index contributed by atoms with van der Waals surface area (Å²) in [7, 11) is 0. The first-order valence-electron chi connectivity index (χ1n) is 7.00. The minimum absolute atomic E-state index is 0.126. The largest absolute Gasteiger partial charge is 0.326 e. The second-order valence-corrected chi connectivity index (χ2v) is 6.38. The Morgan fingerprint density at radius 3 is 2.75 bits per heavy atom. The van der Waals surface area contributed by atoms with Gasteiger partial charge < -0.3 is 5.73 Å². The van der Waals surface area contributed by atoms with Crippen LogP contribution in [0.4, 0.5) is 4.39 Å². The van der Waals surface area contributed by atoms with Gasteiger partial charge in [-0.15, -0.1) is 11.3 Å². The van der Waals surface area contributed by atoms with E-state index in [1.807, 2.05) is 6.07 Å². The van der Waals surface area contributed by atoms with Crippen LogP contribution >= 0.6 is 11.3 Å². The van der Waals surface area contributed by atoms with E-state index in [4.69, 9.17) is 5.73 Å². The summed E-state index contributed by atoms with van der Waals surface area (Å²) in [6.07, 6.45) is 2.45. The Balaban J connectivity index is 1.76. The predicted octanol–water partition coefficient (Wildman–Crippen LogP) is 3.51. The van der Waals surface area contributed by atoms with Crippen molar-refractivity contribution in [2.75, 3.05) is 0 Å². The molecule has 20 heavy (non-hydrogen) atoms. The average Bonchev–Trinajstić information content (AvgIpc) is 3.18. The van der Waals surface area contributed by atoms with Crippen LogP contribution < -0.4 is 5.73 Å². The van der Waals surface area contributed by atoms with Gasteiger partial charge in [0.15, 0.2) is 0 Å². The van der Waals surface area contributed by atoms with Crippen LogP contribution in [0.5, 0.6) is 0 Å². The zero-order chi connectivity index (χ0) is 13.9. The Morgan fingerprint density at radius 1 is 1.25 bits per heavy atom. The Bertz CT molecular complexity index is 564. The van der Waals surface area contributed by atoms with E-state index in [2.05, 4.69) is 22.4 Å². The van der Waals surface area contributed by atoms with Crippen molar-refractivity contribution < 1.29 is 4.39 Å². The second kappa shape index (κ2) is 6.04. The summed E-state index contributed by atoms with van der Waals surface area (Å²) in [5.74, 6) is -0.126. The van der Waals surface area contributed by atoms with Gasteiger partial charge in [0.25, 0.3) is 0 Å². The number of nitrogens with two attached hydrogens (primary N) is 1. The van der Waals surface area contributed by atoms with Crippen molar-refractivity contribution in [1.29, 1.82) is 0 Å². The van der Waals surface area contributed by atoms with E-state index in [9.17, 15) is 4.39 Å². The number of benzene rings is 1. The van der Waals surface area contributed by atoms with E-state index in [-0.39, 0.29) is 5.82 Å². The fourth-order valence-corrected chi connectivity index (χ4v) is 3.18. The van der Waals surface area contributed by atoms with E-state index >= 15 is 0 Å². The molecule has 0 bridgehead atoms. The normalized spacial score (nSPS) is 14.9. The molecule has 1 saturated carbocycles. The van der Waals surface area contributed by atoms with Gasteiger partial charge in [-0.05, 0) is 35.9 Å². The molecule has 1 aromatic heterocycles. The summed E-state index contributed by atoms with van der Waals surface area (Å²) in [6.45, 7) is 2.04. The van der Waals surface area contributed by atoms with Crippen LogP contribution in [0.1, 0.15) is 28.8 Å². The first kappa shape index (κ1) is 13.7. The SMILES string of the molecule is NCc1ccc(F)c(CN(Cc2cccs2)C2CC2)c1. The lowest BCUT2D eigenvalue weighted by Gasteiger charge is -2.22. The molecule has 106 valence electrons. The highest BCUT2D eigenvalue weighted by Crippen LogP contribution is 2.31. The Hall–Kier alpha value is -1.23. The fourth-order valence-electron chi connectivity index (χ4n) is 2.45. The van der Waals surface area contributed by atoms with Gasteiger partial charge in [0.1, 0.15) is 5.82 Å². The highest BCUT2D eigenvalue weighted by atomic mass is 32.1. The fraction of sp³-hybridized carbons (Fsp3) is 0.375. The highest BCUT2D eigenvalue weighted by molar-refractivity contribution is 7.09. The molecule has 0 amide bonds. The molecular weight excluding hydrogens is 271 g/mol. The quantitative estimate of drug-likeness (QED) is 0.882. The van der Waals surface area contributed by atoms with Crippen LogP contribution in [0.15, 0.2) is 35.7 Å². The Morgan fingerprint density at radius 2 is 2.10 bits per heavy atom. The Labute approximate surface area is 123 Å². The molecule has 2 aromatic rings. The molecule has 1 aromatic carbocycles. The number of thiophene rings is 1. The molecule has 1 aliphatic rings. The maximum atomic E-state index is 14.0. The summed E-state index contributed by atoms with van der Waals surface area (Å²) in [4.78, 5) is 3.72. The highest BCUT2D eigenvalue weighted by Gasteiger charge is 2.29. The average molecular weight is 290 g/mol. The molecule has 2 nitrogen and oxygen atoms in total. The van der Waals surface area contributed by atoms with E-state index in [0.29, 0.717) is 19.1 Å². The van der Waals surface area contributed by atoms with Crippen LogP contribution in [0.3, 0.4) is 0 Å². The van der Waals surface area contributed by atoms with E-state index in [0.717, 1.165) is 17.7 Å². The van der Waals surface area contributed by atoms with Crippen LogP contribution in [-0.4, -0.2) is 10.9 Å². The molecule has 1 fully saturated rings. The van der Waals surface area contributed by atoms with Crippen molar-refractivity contribution in [2.45, 2.75) is 38.5 Å². The monoisotopic (exact) mass is 290 g/mol. The van der Waals surface area contributed by atoms with Gasteiger partial charge in [-0.3, -0.25) is 4.90 Å². The lowest BCUT2D eigenvalue weighted by molar-refractivity contribution is 0.244. The summed E-state index contributed by atoms with van der Waals surface area (Å²) in [6, 6.07) is 10.0. The Kier molecular flexibility index (Phi) is 4.15. The third-order valence-corrected chi connectivity index (χ3v) is 4.58. The maximum absolute atomic E-state index is 14.0. The topological polar surface area (TPSA) is 29.3 Å². The van der Waals surface area contributed by atoms with Crippen LogP contribution in [-0.2, 0) is 19.6 Å². The number of hydrogen-bond donors (Lipinski definition) is 1. The standard InChI is InChI=1S/C16H19FN2S/c17-16-6-3-12(9-18)8-13(16)10-19(14-4-5-14)11-15-2-1-7-20-15/h1-3,6-8,14H,4-5,9-11,18H2. The summed E-state index contributed by atoms with van der Waals surface area (Å²) < 4.78 is 14.0. The molecule has 0 atom stereocenters. The van der Waals surface area contributed by atoms with Crippen molar-refractivity contribution in [3.8, 4) is 0 Å². The molecule has 0 aliphatic heterocycles. The molecule has 0 unspecified atom stereocenters. The zero-order valence-corrected chi connectivity index (χ0v) is 12.2. The number of halogens is 1. The lowest BCUT2D eigenvalue weighted by Crippen LogP contribution is -2.25. The molecule has 2 N–H and O–H groups in total. The molecule has 1 aliphatic carbocycles. The van der Waals surface area contributed by atoms with Gasteiger partial charge in [-0.1, -0.05) is 18.2 Å². The molecule has 0 spiro atoms. The first-order valence-corrected chi connectivity index (χ1v) is 7.88. The van der Waals surface area contributed by atoms with Crippen LogP contribution in [0, 0.1) is 5.82 Å². The van der Waals surface area contributed by atoms with Gasteiger partial charge in [0.2, 0.25) is 0 Å². The molecule has 1 heterocycles. The molecule has 4 heteroatoms. The van der Waals surface area contributed by atoms with Crippen molar-refractivity contribution in [2.24, 2.45) is 5.73 Å². The van der Waals surface area contributed by atoms with E-state index in [1.54, 1.807) is 17.4 Å². The number of nitrogens with zero attached hydrogens (tertiary/aromatic N) is 1. The molecular formula is C16H19FN2S. The first-order chi connectivity index (χ1) is 9.76. The lowest BCUT2D eigenvalue weighted by atomic mass is 10.1. The molecule has 3 rings (SSSR count). The zero-order valence-electron chi connectivity index (χ0n) is 11.4. The minimum atomic E-state index is -0.126. The van der Waals surface area contributed by atoms with Crippen molar-refractivity contribution in [3.63, 3.8) is 0 Å². The van der Waals surface area contributed by atoms with E-state index in [1.165, 1.54) is 23.8 Å². The number of rotatable bonds is 6. The number of hydrogen-bond acceptors (Lipinski definition) is 3. The third kappa shape index (κ3) is 3.26. The molecule has 0 saturated heterocycles. The van der Waals surface area contributed by atoms with Crippen molar-refractivity contribution in [3.05, 3.63) is 57.5 Å². The van der Waals surface area contributed by atoms with Gasteiger partial charge >= 0.3 is 0 Å². The van der Waals surface area contributed by atoms with Gasteiger partial charge in [-0.25, -0.2) is 4.39 Å². The van der Waals surface area contributed by atoms with Crippen molar-refractivity contribution >= 4 is 11.3 Å². The van der Waals surface area contributed by atoms with Crippen molar-refractivity contribution in [1.82, 2.24) is 4.90 Å². The second-order valence-electron chi connectivity index (χ2n) is 5.35. The minimum Gasteiger partial charge on any atom is -0.326 e. The third-order valence-electron chi connectivity index (χ3n) is 3.72. The summed E-state index contributed by atoms with van der Waals surface area (Å²) >= 11 is 1.76.